The fourth-order valence-electron chi connectivity index (χ4n) is 0.789. The van der Waals surface area contributed by atoms with Crippen LogP contribution in [-0.2, 0) is 32.7 Å². The van der Waals surface area contributed by atoms with Crippen LogP contribution >= 0.6 is 12.9 Å². The van der Waals surface area contributed by atoms with E-state index in [1.54, 1.807) is 0 Å². The molecule has 0 saturated heterocycles. The van der Waals surface area contributed by atoms with Gasteiger partial charge in [0.05, 0.1) is 0 Å². The van der Waals surface area contributed by atoms with Crippen LogP contribution in [0.5, 0.6) is 5.75 Å². The Morgan fingerprint density at radius 1 is 1.12 bits per heavy atom. The zero-order valence-corrected chi connectivity index (χ0v) is 12.2. The van der Waals surface area contributed by atoms with E-state index in [2.05, 4.69) is 23.5 Å². The minimum atomic E-state index is -1.51. The summed E-state index contributed by atoms with van der Waals surface area (Å²) in [6, 6.07) is 1.40. The van der Waals surface area contributed by atoms with E-state index in [1.165, 1.54) is 19.3 Å². The predicted octanol–water partition coefficient (Wildman–Crippen LogP) is 3.70. The third-order valence-corrected chi connectivity index (χ3v) is 2.09. The van der Waals surface area contributed by atoms with E-state index in [0.717, 1.165) is 0 Å². The van der Waals surface area contributed by atoms with E-state index in [-0.39, 0.29) is 38.5 Å². The van der Waals surface area contributed by atoms with Crippen molar-refractivity contribution in [1.82, 2.24) is 0 Å². The molecule has 2 rings (SSSR count). The van der Waals surface area contributed by atoms with E-state index in [9.17, 15) is 13.2 Å². The number of hydrogen-bond acceptors (Lipinski definition) is 2. The van der Waals surface area contributed by atoms with E-state index < -0.39 is 17.5 Å². The van der Waals surface area contributed by atoms with E-state index in [1.807, 2.05) is 0 Å². The van der Waals surface area contributed by atoms with Crippen LogP contribution in [0.1, 0.15) is 19.3 Å². The first-order chi connectivity index (χ1) is 7.15. The van der Waals surface area contributed by atoms with Crippen molar-refractivity contribution in [2.75, 3.05) is 0 Å². The molecule has 16 heavy (non-hydrogen) atoms. The zero-order valence-electron chi connectivity index (χ0n) is 8.42. The minimum Gasteiger partial charge on any atom is -0.429 e. The molecule has 1 nitrogen and oxygen atoms in total. The molecule has 0 aliphatic heterocycles. The fourth-order valence-corrected chi connectivity index (χ4v) is 0.895. The van der Waals surface area contributed by atoms with Crippen molar-refractivity contribution in [2.24, 2.45) is 0 Å². The Morgan fingerprint density at radius 3 is 1.75 bits per heavy atom. The third-order valence-electron chi connectivity index (χ3n) is 1.88. The standard InChI is InChI=1S/C6H3F3OS.C4H7.Y/c7-4-1-3(10-11)2-5(8)6(4)9;1-2-4-3-1;/h1-2,11H;1H,2-4H2;/q;-1;. The Bertz CT molecular complexity index is 305. The smallest absolute Gasteiger partial charge is 0.194 e. The molecule has 1 radical (unpaired) electrons. The van der Waals surface area contributed by atoms with Crippen LogP contribution in [0.15, 0.2) is 12.1 Å². The van der Waals surface area contributed by atoms with Gasteiger partial charge >= 0.3 is 0 Å². The second-order valence-electron chi connectivity index (χ2n) is 3.01. The largest absolute Gasteiger partial charge is 0.429 e. The van der Waals surface area contributed by atoms with Crippen molar-refractivity contribution < 1.29 is 50.1 Å². The van der Waals surface area contributed by atoms with Gasteiger partial charge in [-0.15, -0.1) is 6.42 Å². The molecule has 87 valence electrons. The second kappa shape index (κ2) is 8.37. The van der Waals surface area contributed by atoms with Gasteiger partial charge in [-0.3, -0.25) is 0 Å². The van der Waals surface area contributed by atoms with Crippen LogP contribution in [0.3, 0.4) is 0 Å². The first kappa shape index (κ1) is 16.3. The molecule has 0 atom stereocenters. The van der Waals surface area contributed by atoms with Gasteiger partial charge in [0.1, 0.15) is 5.75 Å². The van der Waals surface area contributed by atoms with Crippen molar-refractivity contribution in [3.8, 4) is 5.75 Å². The second-order valence-corrected chi connectivity index (χ2v) is 3.19. The van der Waals surface area contributed by atoms with Crippen molar-refractivity contribution in [2.45, 2.75) is 19.3 Å². The van der Waals surface area contributed by atoms with E-state index in [4.69, 9.17) is 0 Å². The number of hydrogen-bond donors (Lipinski definition) is 1. The van der Waals surface area contributed by atoms with Crippen LogP contribution in [-0.4, -0.2) is 0 Å². The Kier molecular flexibility index (Phi) is 8.51. The summed E-state index contributed by atoms with van der Waals surface area (Å²) >= 11 is 3.28. The van der Waals surface area contributed by atoms with Gasteiger partial charge in [-0.2, -0.15) is 12.8 Å². The summed E-state index contributed by atoms with van der Waals surface area (Å²) in [5.41, 5.74) is 0. The maximum Gasteiger partial charge on any atom is 0.194 e. The van der Waals surface area contributed by atoms with Crippen LogP contribution < -0.4 is 4.18 Å². The van der Waals surface area contributed by atoms with Crippen molar-refractivity contribution >= 4 is 12.9 Å². The average molecular weight is 324 g/mol. The molecule has 1 aliphatic rings. The molecule has 0 N–H and O–H groups in total. The van der Waals surface area contributed by atoms with Crippen LogP contribution in [0.25, 0.3) is 0 Å². The first-order valence-corrected chi connectivity index (χ1v) is 4.79. The van der Waals surface area contributed by atoms with E-state index >= 15 is 0 Å². The molecular formula is C10H10F3OSY-. The number of rotatable bonds is 1. The summed E-state index contributed by atoms with van der Waals surface area (Å²) in [5, 5.41) is 0. The number of thiol groups is 1. The Labute approximate surface area is 123 Å². The molecule has 0 amide bonds. The molecule has 0 unspecified atom stereocenters. The van der Waals surface area contributed by atoms with Gasteiger partial charge in [-0.25, -0.2) is 13.2 Å². The molecule has 0 spiro atoms. The Hall–Kier alpha value is 0.264. The van der Waals surface area contributed by atoms with Gasteiger partial charge in [0.15, 0.2) is 17.5 Å². The number of halogens is 3. The van der Waals surface area contributed by atoms with Gasteiger partial charge in [0, 0.05) is 57.8 Å². The van der Waals surface area contributed by atoms with Crippen molar-refractivity contribution in [3.05, 3.63) is 36.0 Å². The minimum absolute atomic E-state index is 0. The van der Waals surface area contributed by atoms with Gasteiger partial charge in [-0.05, 0) is 0 Å². The fraction of sp³-hybridized carbons (Fsp3) is 0.300. The van der Waals surface area contributed by atoms with Crippen LogP contribution in [0, 0.1) is 23.9 Å². The third kappa shape index (κ3) is 5.06. The van der Waals surface area contributed by atoms with Gasteiger partial charge in [-0.1, -0.05) is 0 Å². The number of benzene rings is 1. The maximum atomic E-state index is 12.3. The summed E-state index contributed by atoms with van der Waals surface area (Å²) in [7, 11) is 0. The predicted molar refractivity (Wildman–Crippen MR) is 54.1 cm³/mol. The van der Waals surface area contributed by atoms with Crippen molar-refractivity contribution in [1.29, 1.82) is 0 Å². The molecule has 1 aromatic rings. The van der Waals surface area contributed by atoms with Gasteiger partial charge in [0.2, 0.25) is 0 Å². The van der Waals surface area contributed by atoms with Gasteiger partial charge < -0.3 is 10.6 Å². The maximum absolute atomic E-state index is 12.3. The normalized spacial score (nSPS) is 12.8. The molecule has 1 saturated carbocycles. The SMILES string of the molecule is Fc1cc(OS)cc(F)c1F.[CH-]1CCC1.[Y]. The molecule has 0 aromatic heterocycles. The van der Waals surface area contributed by atoms with Crippen LogP contribution in [0.4, 0.5) is 13.2 Å². The summed E-state index contributed by atoms with van der Waals surface area (Å²) < 4.78 is 41.0. The van der Waals surface area contributed by atoms with Gasteiger partial charge in [0.25, 0.3) is 0 Å². The summed E-state index contributed by atoms with van der Waals surface area (Å²) in [6.07, 6.45) is 6.50. The monoisotopic (exact) mass is 324 g/mol. The molecule has 6 heteroatoms. The molecule has 1 aromatic carbocycles. The molecule has 0 heterocycles. The van der Waals surface area contributed by atoms with E-state index in [0.29, 0.717) is 12.1 Å². The Balaban J connectivity index is 0.000000380. The van der Waals surface area contributed by atoms with Crippen LogP contribution in [0.2, 0.25) is 0 Å². The molecule has 1 aliphatic carbocycles. The zero-order chi connectivity index (χ0) is 11.3. The molecular weight excluding hydrogens is 314 g/mol. The van der Waals surface area contributed by atoms with Crippen molar-refractivity contribution in [3.63, 3.8) is 0 Å². The molecule has 1 fully saturated rings. The topological polar surface area (TPSA) is 9.23 Å². The summed E-state index contributed by atoms with van der Waals surface area (Å²) in [5.74, 6) is -4.29. The first-order valence-electron chi connectivity index (χ1n) is 4.42. The summed E-state index contributed by atoms with van der Waals surface area (Å²) in [6.45, 7) is 0. The molecule has 0 bridgehead atoms. The quantitative estimate of drug-likeness (QED) is 0.359. The average Bonchev–Trinajstić information content (AvgIpc) is 2.10. The summed E-state index contributed by atoms with van der Waals surface area (Å²) in [4.78, 5) is 0. The Morgan fingerprint density at radius 2 is 1.50 bits per heavy atom.